The van der Waals surface area contributed by atoms with Gasteiger partial charge < -0.3 is 24.1 Å². The fourth-order valence-corrected chi connectivity index (χ4v) is 3.54. The number of H-pyrrole nitrogens is 1. The molecule has 3 atom stereocenters. The Morgan fingerprint density at radius 3 is 2.64 bits per heavy atom. The van der Waals surface area contributed by atoms with E-state index in [1.807, 2.05) is 38.2 Å². The van der Waals surface area contributed by atoms with Gasteiger partial charge >= 0.3 is 5.97 Å². The maximum absolute atomic E-state index is 13.0. The third-order valence-corrected chi connectivity index (χ3v) is 5.32. The van der Waals surface area contributed by atoms with Gasteiger partial charge in [-0.2, -0.15) is 0 Å². The summed E-state index contributed by atoms with van der Waals surface area (Å²) in [7, 11) is 3.29. The van der Waals surface area contributed by atoms with Gasteiger partial charge in [0.2, 0.25) is 5.78 Å². The number of fused-ring (bicyclic) bond motifs is 1. The van der Waals surface area contributed by atoms with Crippen molar-refractivity contribution in [2.75, 3.05) is 27.3 Å². The number of carbonyl (C=O) groups excluding carboxylic acids is 2. The van der Waals surface area contributed by atoms with Gasteiger partial charge in [-0.05, 0) is 38.5 Å². The summed E-state index contributed by atoms with van der Waals surface area (Å²) < 4.78 is 16.6. The van der Waals surface area contributed by atoms with Crippen LogP contribution in [0.1, 0.15) is 39.0 Å². The van der Waals surface area contributed by atoms with Crippen LogP contribution >= 0.6 is 0 Å². The zero-order chi connectivity index (χ0) is 20.4. The van der Waals surface area contributed by atoms with Gasteiger partial charge in [0.05, 0.1) is 25.4 Å². The van der Waals surface area contributed by atoms with Gasteiger partial charge in [0.25, 0.3) is 0 Å². The van der Waals surface area contributed by atoms with Crippen molar-refractivity contribution in [1.29, 1.82) is 0 Å². The average molecular weight is 387 g/mol. The summed E-state index contributed by atoms with van der Waals surface area (Å²) in [5, 5.41) is 0. The van der Waals surface area contributed by atoms with E-state index in [0.29, 0.717) is 35.7 Å². The summed E-state index contributed by atoms with van der Waals surface area (Å²) in [6.45, 7) is 6.47. The Bertz CT molecular complexity index is 889. The second kappa shape index (κ2) is 8.06. The summed E-state index contributed by atoms with van der Waals surface area (Å²) >= 11 is 0. The van der Waals surface area contributed by atoms with Crippen LogP contribution in [0.4, 0.5) is 0 Å². The number of para-hydroxylation sites is 2. The summed E-state index contributed by atoms with van der Waals surface area (Å²) in [6, 6.07) is 7.25. The number of carbonyl (C=O) groups is 2. The fourth-order valence-electron chi connectivity index (χ4n) is 3.54. The predicted octanol–water partition coefficient (Wildman–Crippen LogP) is 1.34. The molecule has 1 aliphatic rings. The topological polar surface area (TPSA) is 82.1 Å². The van der Waals surface area contributed by atoms with Gasteiger partial charge in [-0.1, -0.05) is 12.1 Å². The molecular formula is C21H27N2O5+. The zero-order valence-electron chi connectivity index (χ0n) is 16.9. The van der Waals surface area contributed by atoms with Gasteiger partial charge in [0.1, 0.15) is 19.2 Å². The largest absolute Gasteiger partial charge is 0.486 e. The number of esters is 1. The Balaban J connectivity index is 1.69. The van der Waals surface area contributed by atoms with E-state index in [0.717, 1.165) is 16.4 Å². The number of likely N-dealkylation sites (N-methyl/N-ethyl adjacent to an activating group) is 1. The number of aromatic amines is 1. The molecule has 1 aromatic carbocycles. The highest BCUT2D eigenvalue weighted by Crippen LogP contribution is 2.30. The molecule has 0 amide bonds. The molecule has 1 aliphatic heterocycles. The van der Waals surface area contributed by atoms with Crippen LogP contribution < -0.4 is 14.4 Å². The van der Waals surface area contributed by atoms with E-state index in [2.05, 4.69) is 4.98 Å². The molecule has 1 unspecified atom stereocenters. The van der Waals surface area contributed by atoms with Crippen molar-refractivity contribution in [2.24, 2.45) is 0 Å². The Hall–Kier alpha value is -2.80. The third kappa shape index (κ3) is 3.75. The van der Waals surface area contributed by atoms with Crippen molar-refractivity contribution >= 4 is 11.8 Å². The number of nitrogens with one attached hydrogen (secondary N) is 2. The summed E-state index contributed by atoms with van der Waals surface area (Å²) in [5.74, 6) is 0.980. The molecule has 2 aromatic rings. The first kappa shape index (κ1) is 19.9. The number of hydrogen-bond donors (Lipinski definition) is 2. The molecule has 0 aliphatic carbocycles. The number of methoxy groups -OCH3 is 1. The fraction of sp³-hybridized carbons (Fsp3) is 0.429. The number of hydrogen-bond acceptors (Lipinski definition) is 5. The van der Waals surface area contributed by atoms with Crippen molar-refractivity contribution in [3.63, 3.8) is 0 Å². The lowest BCUT2D eigenvalue weighted by Gasteiger charge is -2.29. The Labute approximate surface area is 164 Å². The van der Waals surface area contributed by atoms with E-state index < -0.39 is 5.97 Å². The average Bonchev–Trinajstić information content (AvgIpc) is 3.00. The van der Waals surface area contributed by atoms with Crippen LogP contribution in [0.3, 0.4) is 0 Å². The first-order valence-electron chi connectivity index (χ1n) is 9.36. The number of benzene rings is 1. The van der Waals surface area contributed by atoms with E-state index >= 15 is 0 Å². The number of ether oxygens (including phenoxy) is 3. The number of rotatable bonds is 6. The molecule has 2 heterocycles. The van der Waals surface area contributed by atoms with Crippen LogP contribution in [-0.2, 0) is 4.74 Å². The van der Waals surface area contributed by atoms with E-state index in [4.69, 9.17) is 14.2 Å². The highest BCUT2D eigenvalue weighted by Gasteiger charge is 2.32. The quantitative estimate of drug-likeness (QED) is 0.578. The van der Waals surface area contributed by atoms with E-state index in [1.165, 1.54) is 7.11 Å². The predicted molar refractivity (Wildman–Crippen MR) is 104 cm³/mol. The third-order valence-electron chi connectivity index (χ3n) is 5.32. The van der Waals surface area contributed by atoms with Crippen molar-refractivity contribution < 1.29 is 28.7 Å². The monoisotopic (exact) mass is 387 g/mol. The molecule has 0 saturated heterocycles. The molecule has 0 spiro atoms. The maximum atomic E-state index is 13.0. The minimum atomic E-state index is -0.440. The lowest BCUT2D eigenvalue weighted by molar-refractivity contribution is -0.896. The van der Waals surface area contributed by atoms with Crippen molar-refractivity contribution in [3.05, 3.63) is 46.8 Å². The Kier molecular flexibility index (Phi) is 5.74. The maximum Gasteiger partial charge on any atom is 0.339 e. The second-order valence-electron chi connectivity index (χ2n) is 7.25. The normalized spacial score (nSPS) is 17.7. The van der Waals surface area contributed by atoms with Crippen molar-refractivity contribution in [1.82, 2.24) is 4.98 Å². The van der Waals surface area contributed by atoms with Gasteiger partial charge in [-0.15, -0.1) is 0 Å². The zero-order valence-corrected chi connectivity index (χ0v) is 16.9. The molecule has 0 fully saturated rings. The molecule has 3 rings (SSSR count). The first-order valence-corrected chi connectivity index (χ1v) is 9.36. The number of aryl methyl sites for hydroxylation is 1. The van der Waals surface area contributed by atoms with E-state index in [-0.39, 0.29) is 17.9 Å². The lowest BCUT2D eigenvalue weighted by atomic mass is 10.0. The van der Waals surface area contributed by atoms with Gasteiger partial charge in [-0.3, -0.25) is 4.79 Å². The minimum Gasteiger partial charge on any atom is -0.486 e. The number of ketones is 1. The van der Waals surface area contributed by atoms with Gasteiger partial charge in [0, 0.05) is 5.69 Å². The lowest BCUT2D eigenvalue weighted by Crippen LogP contribution is -3.15. The second-order valence-corrected chi connectivity index (χ2v) is 7.25. The van der Waals surface area contributed by atoms with Crippen molar-refractivity contribution in [3.8, 4) is 11.5 Å². The molecule has 150 valence electrons. The van der Waals surface area contributed by atoms with E-state index in [9.17, 15) is 9.59 Å². The molecular weight excluding hydrogens is 360 g/mol. The molecule has 1 aromatic heterocycles. The minimum absolute atomic E-state index is 0.0506. The molecule has 0 radical (unpaired) electrons. The molecule has 2 N–H and O–H groups in total. The Morgan fingerprint density at radius 1 is 1.29 bits per heavy atom. The van der Waals surface area contributed by atoms with Crippen LogP contribution in [0.25, 0.3) is 0 Å². The first-order chi connectivity index (χ1) is 13.3. The number of Topliss-reactive ketones (excluding diaryl/α,β-unsaturated/α-hetero) is 1. The van der Waals surface area contributed by atoms with Crippen LogP contribution in [0.2, 0.25) is 0 Å². The number of quaternary nitrogens is 1. The van der Waals surface area contributed by atoms with Crippen molar-refractivity contribution in [2.45, 2.75) is 32.9 Å². The van der Waals surface area contributed by atoms with Crippen LogP contribution in [-0.4, -0.2) is 56.2 Å². The standard InChI is InChI=1S/C21H26N2O5/c1-12-18(21(25)26-5)13(2)22-19(12)20(24)14(3)23(4)10-15-11-27-16-8-6-7-9-17(16)28-15/h6-9,14-15,22H,10-11H2,1-5H3/p+1/t14-,15-/m1/s1. The molecule has 7 heteroatoms. The van der Waals surface area contributed by atoms with Crippen LogP contribution in [0.15, 0.2) is 24.3 Å². The van der Waals surface area contributed by atoms with Gasteiger partial charge in [-0.25, -0.2) is 4.79 Å². The number of aromatic nitrogens is 1. The summed E-state index contributed by atoms with van der Waals surface area (Å²) in [5.41, 5.74) is 2.14. The van der Waals surface area contributed by atoms with Crippen LogP contribution in [0, 0.1) is 13.8 Å². The Morgan fingerprint density at radius 2 is 1.96 bits per heavy atom. The highest BCUT2D eigenvalue weighted by atomic mass is 16.6. The highest BCUT2D eigenvalue weighted by molar-refractivity contribution is 6.03. The van der Waals surface area contributed by atoms with Gasteiger partial charge in [0.15, 0.2) is 17.6 Å². The molecule has 7 nitrogen and oxygen atoms in total. The summed E-state index contributed by atoms with van der Waals surface area (Å²) in [4.78, 5) is 29.1. The smallest absolute Gasteiger partial charge is 0.339 e. The molecule has 28 heavy (non-hydrogen) atoms. The van der Waals surface area contributed by atoms with Crippen LogP contribution in [0.5, 0.6) is 11.5 Å². The molecule has 0 saturated carbocycles. The molecule has 0 bridgehead atoms. The summed E-state index contributed by atoms with van der Waals surface area (Å²) in [6.07, 6.45) is -0.137. The van der Waals surface area contributed by atoms with E-state index in [1.54, 1.807) is 13.8 Å². The SMILES string of the molecule is COC(=O)c1c(C)[nH]c(C(=O)[C@@H](C)[NH+](C)C[C@@H]2COc3ccccc3O2)c1C.